The summed E-state index contributed by atoms with van der Waals surface area (Å²) in [4.78, 5) is 14.7. The first-order chi connectivity index (χ1) is 11.3. The highest BCUT2D eigenvalue weighted by molar-refractivity contribution is 5.81. The average molecular weight is 317 g/mol. The monoisotopic (exact) mass is 317 g/mol. The predicted octanol–water partition coefficient (Wildman–Crippen LogP) is 0.798. The number of benzene rings is 1. The largest absolute Gasteiger partial charge is 0.366 e. The highest BCUT2D eigenvalue weighted by Crippen LogP contribution is 2.12. The molecule has 1 unspecified atom stereocenters. The van der Waals surface area contributed by atoms with Gasteiger partial charge in [0.1, 0.15) is 6.10 Å². The summed E-state index contributed by atoms with van der Waals surface area (Å²) in [5, 5.41) is 6.35. The summed E-state index contributed by atoms with van der Waals surface area (Å²) >= 11 is 0. The lowest BCUT2D eigenvalue weighted by Gasteiger charge is -2.33. The van der Waals surface area contributed by atoms with E-state index in [4.69, 9.17) is 4.74 Å². The van der Waals surface area contributed by atoms with E-state index in [-0.39, 0.29) is 12.0 Å². The van der Waals surface area contributed by atoms with Crippen molar-refractivity contribution in [3.05, 3.63) is 35.9 Å². The minimum atomic E-state index is -0.320. The second-order valence-electron chi connectivity index (χ2n) is 6.42. The van der Waals surface area contributed by atoms with Gasteiger partial charge in [0, 0.05) is 38.8 Å². The van der Waals surface area contributed by atoms with Crippen molar-refractivity contribution >= 4 is 5.91 Å². The predicted molar refractivity (Wildman–Crippen MR) is 90.4 cm³/mol. The molecular weight excluding hydrogens is 290 g/mol. The van der Waals surface area contributed by atoms with Crippen molar-refractivity contribution in [3.63, 3.8) is 0 Å². The van der Waals surface area contributed by atoms with Crippen molar-refractivity contribution < 1.29 is 9.53 Å². The Morgan fingerprint density at radius 2 is 2.04 bits per heavy atom. The van der Waals surface area contributed by atoms with E-state index in [1.807, 2.05) is 0 Å². The Morgan fingerprint density at radius 3 is 2.74 bits per heavy atom. The van der Waals surface area contributed by atoms with E-state index in [2.05, 4.69) is 45.9 Å². The molecule has 1 aromatic rings. The molecule has 0 aromatic heterocycles. The number of amides is 1. The summed E-state index contributed by atoms with van der Waals surface area (Å²) in [5.74, 6) is 0.0416. The summed E-state index contributed by atoms with van der Waals surface area (Å²) in [6, 6.07) is 10.9. The summed E-state index contributed by atoms with van der Waals surface area (Å²) in [6.45, 7) is 5.30. The summed E-state index contributed by atoms with van der Waals surface area (Å²) in [7, 11) is 0. The van der Waals surface area contributed by atoms with Crippen molar-refractivity contribution in [1.82, 2.24) is 15.5 Å². The number of piperidine rings is 1. The lowest BCUT2D eigenvalue weighted by molar-refractivity contribution is -0.135. The van der Waals surface area contributed by atoms with E-state index in [9.17, 15) is 4.79 Å². The zero-order valence-electron chi connectivity index (χ0n) is 13.7. The molecular formula is C18H27N3O2. The standard InChI is InChI=1S/C18H27N3O2/c22-18(17-14-19-9-13-23-17)20-16-7-11-21(12-8-16)10-6-15-4-2-1-3-5-15/h1-5,16-17,19H,6-14H2,(H,20,22). The van der Waals surface area contributed by atoms with Gasteiger partial charge in [0.15, 0.2) is 0 Å². The van der Waals surface area contributed by atoms with Crippen molar-refractivity contribution in [1.29, 1.82) is 0 Å². The minimum absolute atomic E-state index is 0.0416. The van der Waals surface area contributed by atoms with Gasteiger partial charge in [0.05, 0.1) is 6.61 Å². The molecule has 0 radical (unpaired) electrons. The van der Waals surface area contributed by atoms with Crippen molar-refractivity contribution in [3.8, 4) is 0 Å². The first-order valence-electron chi connectivity index (χ1n) is 8.70. The second-order valence-corrected chi connectivity index (χ2v) is 6.42. The summed E-state index contributed by atoms with van der Waals surface area (Å²) < 4.78 is 5.50. The molecule has 3 rings (SSSR count). The molecule has 5 nitrogen and oxygen atoms in total. The number of ether oxygens (including phenoxy) is 1. The van der Waals surface area contributed by atoms with Crippen molar-refractivity contribution in [2.75, 3.05) is 39.3 Å². The molecule has 2 heterocycles. The van der Waals surface area contributed by atoms with Crippen LogP contribution in [0, 0.1) is 0 Å². The zero-order valence-corrected chi connectivity index (χ0v) is 13.7. The number of nitrogens with zero attached hydrogens (tertiary/aromatic N) is 1. The van der Waals surface area contributed by atoms with Crippen LogP contribution in [0.25, 0.3) is 0 Å². The second kappa shape index (κ2) is 8.43. The molecule has 1 amide bonds. The van der Waals surface area contributed by atoms with Crippen LogP contribution < -0.4 is 10.6 Å². The number of rotatable bonds is 5. The van der Waals surface area contributed by atoms with Gasteiger partial charge >= 0.3 is 0 Å². The van der Waals surface area contributed by atoms with Crippen LogP contribution in [0.1, 0.15) is 18.4 Å². The molecule has 0 saturated carbocycles. The van der Waals surface area contributed by atoms with Gasteiger partial charge in [-0.15, -0.1) is 0 Å². The Bertz CT molecular complexity index is 480. The third-order valence-corrected chi connectivity index (χ3v) is 4.71. The number of hydrogen-bond donors (Lipinski definition) is 2. The van der Waals surface area contributed by atoms with Gasteiger partial charge in [-0.05, 0) is 24.8 Å². The third kappa shape index (κ3) is 5.03. The fraction of sp³-hybridized carbons (Fsp3) is 0.611. The maximum atomic E-state index is 12.2. The molecule has 5 heteroatoms. The lowest BCUT2D eigenvalue weighted by atomic mass is 10.0. The van der Waals surface area contributed by atoms with Gasteiger partial charge in [-0.25, -0.2) is 0 Å². The number of hydrogen-bond acceptors (Lipinski definition) is 4. The molecule has 1 atom stereocenters. The van der Waals surface area contributed by atoms with Gasteiger partial charge in [0.25, 0.3) is 5.91 Å². The molecule has 23 heavy (non-hydrogen) atoms. The summed E-state index contributed by atoms with van der Waals surface area (Å²) in [5.41, 5.74) is 1.39. The van der Waals surface area contributed by atoms with Crippen LogP contribution in [0.5, 0.6) is 0 Å². The van der Waals surface area contributed by atoms with E-state index >= 15 is 0 Å². The molecule has 2 aliphatic rings. The smallest absolute Gasteiger partial charge is 0.250 e. The van der Waals surface area contributed by atoms with Crippen LogP contribution >= 0.6 is 0 Å². The Labute approximate surface area is 138 Å². The minimum Gasteiger partial charge on any atom is -0.366 e. The molecule has 1 aromatic carbocycles. The number of morpholine rings is 1. The van der Waals surface area contributed by atoms with Gasteiger partial charge in [-0.1, -0.05) is 30.3 Å². The Hall–Kier alpha value is -1.43. The van der Waals surface area contributed by atoms with Crippen molar-refractivity contribution in [2.24, 2.45) is 0 Å². The van der Waals surface area contributed by atoms with Crippen molar-refractivity contribution in [2.45, 2.75) is 31.4 Å². The van der Waals surface area contributed by atoms with E-state index in [1.54, 1.807) is 0 Å². The number of carbonyl (C=O) groups excluding carboxylic acids is 1. The topological polar surface area (TPSA) is 53.6 Å². The van der Waals surface area contributed by atoms with Crippen LogP contribution in [-0.2, 0) is 16.0 Å². The van der Waals surface area contributed by atoms with E-state index in [0.29, 0.717) is 19.2 Å². The normalized spacial score (nSPS) is 23.6. The first-order valence-corrected chi connectivity index (χ1v) is 8.70. The first kappa shape index (κ1) is 16.4. The van der Waals surface area contributed by atoms with Crippen LogP contribution in [-0.4, -0.2) is 62.3 Å². The molecule has 2 N–H and O–H groups in total. The fourth-order valence-electron chi connectivity index (χ4n) is 3.26. The molecule has 0 spiro atoms. The van der Waals surface area contributed by atoms with Crippen LogP contribution in [0.15, 0.2) is 30.3 Å². The van der Waals surface area contributed by atoms with Crippen LogP contribution in [0.4, 0.5) is 0 Å². The average Bonchev–Trinajstić information content (AvgIpc) is 2.63. The van der Waals surface area contributed by atoms with Gasteiger partial charge < -0.3 is 20.3 Å². The highest BCUT2D eigenvalue weighted by Gasteiger charge is 2.26. The van der Waals surface area contributed by atoms with Crippen LogP contribution in [0.3, 0.4) is 0 Å². The molecule has 0 aliphatic carbocycles. The van der Waals surface area contributed by atoms with Gasteiger partial charge in [-0.2, -0.15) is 0 Å². The third-order valence-electron chi connectivity index (χ3n) is 4.71. The van der Waals surface area contributed by atoms with E-state index in [0.717, 1.165) is 45.4 Å². The Balaban J connectivity index is 1.36. The molecule has 0 bridgehead atoms. The quantitative estimate of drug-likeness (QED) is 0.843. The molecule has 2 saturated heterocycles. The van der Waals surface area contributed by atoms with Crippen LogP contribution in [0.2, 0.25) is 0 Å². The van der Waals surface area contributed by atoms with E-state index < -0.39 is 0 Å². The van der Waals surface area contributed by atoms with Gasteiger partial charge in [0.2, 0.25) is 0 Å². The fourth-order valence-corrected chi connectivity index (χ4v) is 3.26. The maximum absolute atomic E-state index is 12.2. The maximum Gasteiger partial charge on any atom is 0.250 e. The SMILES string of the molecule is O=C(NC1CCN(CCc2ccccc2)CC1)C1CNCCO1. The summed E-state index contributed by atoms with van der Waals surface area (Å²) in [6.07, 6.45) is 2.83. The Morgan fingerprint density at radius 1 is 1.26 bits per heavy atom. The number of likely N-dealkylation sites (tertiary alicyclic amines) is 1. The lowest BCUT2D eigenvalue weighted by Crippen LogP contribution is -2.52. The van der Waals surface area contributed by atoms with E-state index in [1.165, 1.54) is 5.56 Å². The van der Waals surface area contributed by atoms with Gasteiger partial charge in [-0.3, -0.25) is 4.79 Å². The zero-order chi connectivity index (χ0) is 15.9. The molecule has 126 valence electrons. The Kier molecular flexibility index (Phi) is 6.02. The molecule has 2 aliphatic heterocycles. The highest BCUT2D eigenvalue weighted by atomic mass is 16.5. The number of nitrogens with one attached hydrogen (secondary N) is 2. The molecule has 2 fully saturated rings. The number of carbonyl (C=O) groups is 1.